The van der Waals surface area contributed by atoms with Gasteiger partial charge in [0, 0.05) is 12.3 Å². The number of carbonyl (C=O) groups excluding carboxylic acids is 1. The van der Waals surface area contributed by atoms with Crippen molar-refractivity contribution in [3.05, 3.63) is 11.9 Å². The van der Waals surface area contributed by atoms with Crippen LogP contribution < -0.4 is 0 Å². The van der Waals surface area contributed by atoms with Crippen LogP contribution in [0, 0.1) is 5.92 Å². The molecule has 4 nitrogen and oxygen atoms in total. The number of halogens is 1. The molecule has 0 fully saturated rings. The molecule has 1 aromatic rings. The number of aryl methyl sites for hydroxylation is 2. The quantitative estimate of drug-likeness (QED) is 0.712. The van der Waals surface area contributed by atoms with Gasteiger partial charge in [-0.1, -0.05) is 19.1 Å². The van der Waals surface area contributed by atoms with E-state index in [1.54, 1.807) is 10.9 Å². The Morgan fingerprint density at radius 2 is 2.31 bits per heavy atom. The van der Waals surface area contributed by atoms with Crippen LogP contribution in [-0.2, 0) is 17.8 Å². The highest BCUT2D eigenvalue weighted by Gasteiger charge is 2.08. The molecular formula is C11H18FN3O. The molecule has 5 heteroatoms. The van der Waals surface area contributed by atoms with E-state index in [0.717, 1.165) is 18.5 Å². The predicted molar refractivity (Wildman–Crippen MR) is 58.8 cm³/mol. The van der Waals surface area contributed by atoms with Gasteiger partial charge < -0.3 is 0 Å². The Balaban J connectivity index is 2.37. The molecule has 1 heterocycles. The molecule has 0 amide bonds. The third kappa shape index (κ3) is 3.72. The highest BCUT2D eigenvalue weighted by molar-refractivity contribution is 5.80. The van der Waals surface area contributed by atoms with Gasteiger partial charge in [-0.2, -0.15) is 0 Å². The van der Waals surface area contributed by atoms with Crippen LogP contribution in [0.4, 0.5) is 4.39 Å². The van der Waals surface area contributed by atoms with E-state index in [9.17, 15) is 9.18 Å². The Morgan fingerprint density at radius 1 is 1.56 bits per heavy atom. The van der Waals surface area contributed by atoms with E-state index in [4.69, 9.17) is 0 Å². The summed E-state index contributed by atoms with van der Waals surface area (Å²) in [5.41, 5.74) is 0.897. The molecule has 0 N–H and O–H groups in total. The maximum Gasteiger partial charge on any atom is 0.135 e. The van der Waals surface area contributed by atoms with Crippen LogP contribution in [0.2, 0.25) is 0 Å². The zero-order valence-corrected chi connectivity index (χ0v) is 9.82. The first-order valence-electron chi connectivity index (χ1n) is 5.61. The average Bonchev–Trinajstić information content (AvgIpc) is 2.66. The van der Waals surface area contributed by atoms with Gasteiger partial charge in [-0.05, 0) is 12.8 Å². The summed E-state index contributed by atoms with van der Waals surface area (Å²) in [5.74, 6) is 0.360. The standard InChI is InChI=1S/C11H18FN3O/c1-9(2)11(16)5-3-4-10-8-13-14-15(10)7-6-12/h8-9H,3-7H2,1-2H3/i12-1. The lowest BCUT2D eigenvalue weighted by atomic mass is 10.0. The minimum Gasteiger partial charge on any atom is -0.299 e. The van der Waals surface area contributed by atoms with Gasteiger partial charge in [0.2, 0.25) is 0 Å². The number of ketones is 1. The second-order valence-electron chi connectivity index (χ2n) is 4.11. The topological polar surface area (TPSA) is 47.8 Å². The van der Waals surface area contributed by atoms with E-state index in [1.165, 1.54) is 0 Å². The van der Waals surface area contributed by atoms with Crippen molar-refractivity contribution in [2.75, 3.05) is 6.67 Å². The molecule has 0 aliphatic rings. The molecule has 0 saturated heterocycles. The summed E-state index contributed by atoms with van der Waals surface area (Å²) in [7, 11) is 0. The van der Waals surface area contributed by atoms with Gasteiger partial charge in [0.25, 0.3) is 0 Å². The van der Waals surface area contributed by atoms with E-state index in [2.05, 4.69) is 10.3 Å². The minimum atomic E-state index is -0.443. The SMILES string of the molecule is CC(C)C(=O)CCCc1cnnn1CC[18F]. The Kier molecular flexibility index (Phi) is 5.08. The van der Waals surface area contributed by atoms with Gasteiger partial charge in [0.05, 0.1) is 18.4 Å². The van der Waals surface area contributed by atoms with Gasteiger partial charge in [-0.3, -0.25) is 4.79 Å². The summed E-state index contributed by atoms with van der Waals surface area (Å²) >= 11 is 0. The maximum absolute atomic E-state index is 12.1. The number of rotatable bonds is 7. The largest absolute Gasteiger partial charge is 0.299 e. The third-order valence-electron chi connectivity index (χ3n) is 2.49. The van der Waals surface area contributed by atoms with Crippen molar-refractivity contribution in [2.45, 2.75) is 39.7 Å². The average molecular weight is 226 g/mol. The van der Waals surface area contributed by atoms with Gasteiger partial charge in [0.15, 0.2) is 0 Å². The third-order valence-corrected chi connectivity index (χ3v) is 2.49. The molecular weight excluding hydrogens is 208 g/mol. The summed E-state index contributed by atoms with van der Waals surface area (Å²) in [6, 6.07) is 0. The summed E-state index contributed by atoms with van der Waals surface area (Å²) < 4.78 is 13.7. The number of hydrogen-bond donors (Lipinski definition) is 0. The van der Waals surface area contributed by atoms with Gasteiger partial charge in [-0.15, -0.1) is 5.10 Å². The number of aromatic nitrogens is 3. The summed E-state index contributed by atoms with van der Waals surface area (Å²) in [6.45, 7) is 3.60. The maximum atomic E-state index is 12.1. The van der Waals surface area contributed by atoms with Crippen LogP contribution in [0.15, 0.2) is 6.20 Å². The monoisotopic (exact) mass is 226 g/mol. The zero-order valence-electron chi connectivity index (χ0n) is 9.82. The fraction of sp³-hybridized carbons (Fsp3) is 0.727. The lowest BCUT2D eigenvalue weighted by Crippen LogP contribution is -2.09. The van der Waals surface area contributed by atoms with Crippen LogP contribution in [-0.4, -0.2) is 27.5 Å². The summed E-state index contributed by atoms with van der Waals surface area (Å²) in [6.07, 6.45) is 3.70. The molecule has 16 heavy (non-hydrogen) atoms. The van der Waals surface area contributed by atoms with Crippen molar-refractivity contribution < 1.29 is 9.18 Å². The Bertz CT molecular complexity index is 336. The second kappa shape index (κ2) is 6.35. The molecule has 90 valence electrons. The van der Waals surface area contributed by atoms with Crippen molar-refractivity contribution in [3.8, 4) is 0 Å². The van der Waals surface area contributed by atoms with Crippen molar-refractivity contribution in [1.82, 2.24) is 15.0 Å². The summed E-state index contributed by atoms with van der Waals surface area (Å²) in [5, 5.41) is 7.52. The van der Waals surface area contributed by atoms with Crippen LogP contribution in [0.5, 0.6) is 0 Å². The fourth-order valence-electron chi connectivity index (χ4n) is 1.47. The molecule has 0 aliphatic carbocycles. The smallest absolute Gasteiger partial charge is 0.135 e. The highest BCUT2D eigenvalue weighted by atomic mass is 18.2. The number of carbonyl (C=O) groups is 1. The van der Waals surface area contributed by atoms with E-state index >= 15 is 0 Å². The first-order chi connectivity index (χ1) is 7.65. The van der Waals surface area contributed by atoms with Crippen LogP contribution in [0.25, 0.3) is 0 Å². The number of nitrogens with zero attached hydrogens (tertiary/aromatic N) is 3. The summed E-state index contributed by atoms with van der Waals surface area (Å²) in [4.78, 5) is 11.4. The van der Waals surface area contributed by atoms with Crippen LogP contribution >= 0.6 is 0 Å². The first-order valence-corrected chi connectivity index (χ1v) is 5.61. The van der Waals surface area contributed by atoms with Crippen LogP contribution in [0.1, 0.15) is 32.4 Å². The lowest BCUT2D eigenvalue weighted by molar-refractivity contribution is -0.121. The fourth-order valence-corrected chi connectivity index (χ4v) is 1.47. The molecule has 0 atom stereocenters. The van der Waals surface area contributed by atoms with E-state index in [-0.39, 0.29) is 18.2 Å². The first kappa shape index (κ1) is 12.8. The Morgan fingerprint density at radius 3 is 2.94 bits per heavy atom. The van der Waals surface area contributed by atoms with Crippen molar-refractivity contribution in [2.24, 2.45) is 5.92 Å². The molecule has 0 bridgehead atoms. The van der Waals surface area contributed by atoms with Crippen molar-refractivity contribution in [3.63, 3.8) is 0 Å². The molecule has 0 radical (unpaired) electrons. The van der Waals surface area contributed by atoms with E-state index in [0.29, 0.717) is 6.42 Å². The van der Waals surface area contributed by atoms with Crippen molar-refractivity contribution >= 4 is 5.78 Å². The molecule has 0 saturated carbocycles. The Labute approximate surface area is 94.8 Å². The predicted octanol–water partition coefficient (Wildman–Crippen LogP) is 1.80. The number of alkyl halides is 1. The molecule has 0 unspecified atom stereocenters. The van der Waals surface area contributed by atoms with E-state index < -0.39 is 6.67 Å². The Hall–Kier alpha value is -1.26. The van der Waals surface area contributed by atoms with Crippen LogP contribution in [0.3, 0.4) is 0 Å². The lowest BCUT2D eigenvalue weighted by Gasteiger charge is -2.05. The number of hydrogen-bond acceptors (Lipinski definition) is 3. The molecule has 0 aromatic carbocycles. The molecule has 1 aromatic heterocycles. The van der Waals surface area contributed by atoms with Crippen molar-refractivity contribution in [1.29, 1.82) is 0 Å². The highest BCUT2D eigenvalue weighted by Crippen LogP contribution is 2.07. The minimum absolute atomic E-state index is 0.0916. The van der Waals surface area contributed by atoms with Gasteiger partial charge in [-0.25, -0.2) is 9.07 Å². The van der Waals surface area contributed by atoms with E-state index in [1.807, 2.05) is 13.8 Å². The zero-order chi connectivity index (χ0) is 12.0. The number of Topliss-reactive ketones (excluding diaryl/α,β-unsaturated/α-hetero) is 1. The normalized spacial score (nSPS) is 11.0. The van der Waals surface area contributed by atoms with Gasteiger partial charge >= 0.3 is 0 Å². The second-order valence-corrected chi connectivity index (χ2v) is 4.11. The molecule has 0 aliphatic heterocycles. The van der Waals surface area contributed by atoms with Gasteiger partial charge in [0.1, 0.15) is 12.5 Å². The molecule has 1 rings (SSSR count). The molecule has 0 spiro atoms.